The van der Waals surface area contributed by atoms with E-state index in [4.69, 9.17) is 18.7 Å². The van der Waals surface area contributed by atoms with Crippen LogP contribution in [0.25, 0.3) is 10.8 Å². The Bertz CT molecular complexity index is 1240. The smallest absolute Gasteiger partial charge is 0.259 e. The lowest BCUT2D eigenvalue weighted by atomic mass is 10.0. The zero-order valence-corrected chi connectivity index (χ0v) is 18.4. The fraction of sp³-hybridized carbons (Fsp3) is 0.200. The van der Waals surface area contributed by atoms with Crippen LogP contribution in [0, 0.1) is 13.8 Å². The van der Waals surface area contributed by atoms with Crippen LogP contribution in [0.15, 0.2) is 59.1 Å². The third-order valence-electron chi connectivity index (χ3n) is 5.26. The van der Waals surface area contributed by atoms with Crippen molar-refractivity contribution in [2.45, 2.75) is 20.5 Å². The molecule has 0 radical (unpaired) electrons. The van der Waals surface area contributed by atoms with E-state index in [1.807, 2.05) is 50.2 Å². The lowest BCUT2D eigenvalue weighted by molar-refractivity contribution is 0.102. The van der Waals surface area contributed by atoms with Crippen molar-refractivity contribution in [2.24, 2.45) is 0 Å². The van der Waals surface area contributed by atoms with Crippen molar-refractivity contribution in [2.75, 3.05) is 19.5 Å². The number of aromatic nitrogens is 1. The molecule has 1 heterocycles. The number of carbonyl (C=O) groups is 1. The Labute approximate surface area is 185 Å². The van der Waals surface area contributed by atoms with Crippen molar-refractivity contribution in [3.63, 3.8) is 0 Å². The first-order chi connectivity index (χ1) is 15.5. The molecule has 0 aliphatic rings. The maximum absolute atomic E-state index is 13.3. The molecule has 1 N–H and O–H groups in total. The molecular formula is C25H24N2O5. The molecule has 164 valence electrons. The molecule has 4 rings (SSSR count). The normalized spacial score (nSPS) is 10.8. The summed E-state index contributed by atoms with van der Waals surface area (Å²) in [6.07, 6.45) is 0. The van der Waals surface area contributed by atoms with Gasteiger partial charge < -0.3 is 24.1 Å². The Kier molecular flexibility index (Phi) is 5.98. The van der Waals surface area contributed by atoms with E-state index in [1.54, 1.807) is 32.4 Å². The third-order valence-corrected chi connectivity index (χ3v) is 5.26. The lowest BCUT2D eigenvalue weighted by Crippen LogP contribution is -2.14. The van der Waals surface area contributed by atoms with Gasteiger partial charge in [0.2, 0.25) is 0 Å². The predicted molar refractivity (Wildman–Crippen MR) is 122 cm³/mol. The van der Waals surface area contributed by atoms with Gasteiger partial charge in [0.1, 0.15) is 29.6 Å². The van der Waals surface area contributed by atoms with E-state index in [2.05, 4.69) is 10.5 Å². The molecule has 0 bridgehead atoms. The second-order valence-electron chi connectivity index (χ2n) is 7.34. The molecule has 1 aromatic heterocycles. The first kappa shape index (κ1) is 21.2. The number of hydrogen-bond acceptors (Lipinski definition) is 6. The van der Waals surface area contributed by atoms with E-state index in [9.17, 15) is 4.79 Å². The SMILES string of the molecule is COc1cc(NC(=O)c2cc3ccccc3cc2OCc2c(C)noc2C)cc(OC)c1. The number of benzene rings is 3. The van der Waals surface area contributed by atoms with E-state index < -0.39 is 0 Å². The number of carbonyl (C=O) groups excluding carboxylic acids is 1. The monoisotopic (exact) mass is 432 g/mol. The molecular weight excluding hydrogens is 408 g/mol. The molecule has 1 amide bonds. The standard InChI is InChI=1S/C25H24N2O5/c1-15-23(16(2)32-27-15)14-31-24-10-18-8-6-5-7-17(18)9-22(24)25(28)26-19-11-20(29-3)13-21(12-19)30-4/h5-13H,14H2,1-4H3,(H,26,28). The second kappa shape index (κ2) is 9.01. The summed E-state index contributed by atoms with van der Waals surface area (Å²) in [7, 11) is 3.12. The van der Waals surface area contributed by atoms with E-state index in [0.717, 1.165) is 22.0 Å². The maximum Gasteiger partial charge on any atom is 0.259 e. The van der Waals surface area contributed by atoms with Crippen LogP contribution < -0.4 is 19.5 Å². The van der Waals surface area contributed by atoms with Gasteiger partial charge in [-0.3, -0.25) is 4.79 Å². The highest BCUT2D eigenvalue weighted by Gasteiger charge is 2.17. The van der Waals surface area contributed by atoms with Crippen LogP contribution in [-0.2, 0) is 6.61 Å². The van der Waals surface area contributed by atoms with Gasteiger partial charge in [0.05, 0.1) is 31.0 Å². The summed E-state index contributed by atoms with van der Waals surface area (Å²) in [6.45, 7) is 3.94. The van der Waals surface area contributed by atoms with Crippen molar-refractivity contribution in [3.05, 3.63) is 77.2 Å². The van der Waals surface area contributed by atoms with Crippen molar-refractivity contribution >= 4 is 22.4 Å². The van der Waals surface area contributed by atoms with Gasteiger partial charge in [-0.2, -0.15) is 0 Å². The molecule has 7 nitrogen and oxygen atoms in total. The third kappa shape index (κ3) is 4.37. The molecule has 7 heteroatoms. The number of fused-ring (bicyclic) bond motifs is 1. The number of rotatable bonds is 7. The number of amides is 1. The van der Waals surface area contributed by atoms with E-state index >= 15 is 0 Å². The summed E-state index contributed by atoms with van der Waals surface area (Å²) in [6, 6.07) is 16.7. The van der Waals surface area contributed by atoms with Crippen LogP contribution in [-0.4, -0.2) is 25.3 Å². The summed E-state index contributed by atoms with van der Waals surface area (Å²) >= 11 is 0. The Morgan fingerprint density at radius 3 is 2.22 bits per heavy atom. The van der Waals surface area contributed by atoms with Gasteiger partial charge in [-0.05, 0) is 36.8 Å². The fourth-order valence-electron chi connectivity index (χ4n) is 3.45. The molecule has 0 unspecified atom stereocenters. The molecule has 0 fully saturated rings. The van der Waals surface area contributed by atoms with Crippen molar-refractivity contribution in [1.29, 1.82) is 0 Å². The molecule has 0 spiro atoms. The molecule has 0 aliphatic heterocycles. The minimum Gasteiger partial charge on any atom is -0.497 e. The zero-order chi connectivity index (χ0) is 22.7. The van der Waals surface area contributed by atoms with Crippen LogP contribution in [0.5, 0.6) is 17.2 Å². The highest BCUT2D eigenvalue weighted by molar-refractivity contribution is 6.08. The van der Waals surface area contributed by atoms with Gasteiger partial charge in [0, 0.05) is 23.9 Å². The highest BCUT2D eigenvalue weighted by atomic mass is 16.5. The van der Waals surface area contributed by atoms with Gasteiger partial charge in [0.25, 0.3) is 5.91 Å². The number of nitrogens with zero attached hydrogens (tertiary/aromatic N) is 1. The number of ether oxygens (including phenoxy) is 3. The Morgan fingerprint density at radius 2 is 1.62 bits per heavy atom. The van der Waals surface area contributed by atoms with Crippen LogP contribution in [0.2, 0.25) is 0 Å². The fourth-order valence-corrected chi connectivity index (χ4v) is 3.45. The first-order valence-corrected chi connectivity index (χ1v) is 10.1. The van der Waals surface area contributed by atoms with Crippen molar-refractivity contribution in [1.82, 2.24) is 5.16 Å². The maximum atomic E-state index is 13.3. The number of aryl methyl sites for hydroxylation is 2. The minimum absolute atomic E-state index is 0.243. The average molecular weight is 432 g/mol. The molecule has 0 saturated carbocycles. The van der Waals surface area contributed by atoms with Crippen molar-refractivity contribution < 1.29 is 23.5 Å². The second-order valence-corrected chi connectivity index (χ2v) is 7.34. The van der Waals surface area contributed by atoms with E-state index in [1.165, 1.54) is 0 Å². The largest absolute Gasteiger partial charge is 0.497 e. The van der Waals surface area contributed by atoms with Gasteiger partial charge >= 0.3 is 0 Å². The summed E-state index contributed by atoms with van der Waals surface area (Å²) in [5.74, 6) is 2.01. The number of anilines is 1. The lowest BCUT2D eigenvalue weighted by Gasteiger charge is -2.14. The van der Waals surface area contributed by atoms with Gasteiger partial charge in [0.15, 0.2) is 0 Å². The summed E-state index contributed by atoms with van der Waals surface area (Å²) in [5.41, 5.74) is 2.59. The van der Waals surface area contributed by atoms with Crippen LogP contribution in [0.3, 0.4) is 0 Å². The Balaban J connectivity index is 1.68. The van der Waals surface area contributed by atoms with Crippen LogP contribution in [0.4, 0.5) is 5.69 Å². The number of nitrogens with one attached hydrogen (secondary N) is 1. The van der Waals surface area contributed by atoms with Gasteiger partial charge in [-0.1, -0.05) is 29.4 Å². The average Bonchev–Trinajstić information content (AvgIpc) is 3.13. The van der Waals surface area contributed by atoms with E-state index in [0.29, 0.717) is 34.3 Å². The summed E-state index contributed by atoms with van der Waals surface area (Å²) in [5, 5.41) is 8.79. The summed E-state index contributed by atoms with van der Waals surface area (Å²) < 4.78 is 21.9. The molecule has 4 aromatic rings. The van der Waals surface area contributed by atoms with Gasteiger partial charge in [-0.15, -0.1) is 0 Å². The Hall–Kier alpha value is -4.00. The molecule has 0 atom stereocenters. The molecule has 3 aromatic carbocycles. The highest BCUT2D eigenvalue weighted by Crippen LogP contribution is 2.30. The first-order valence-electron chi connectivity index (χ1n) is 10.1. The van der Waals surface area contributed by atoms with Crippen LogP contribution >= 0.6 is 0 Å². The van der Waals surface area contributed by atoms with Gasteiger partial charge in [-0.25, -0.2) is 0 Å². The van der Waals surface area contributed by atoms with Crippen molar-refractivity contribution in [3.8, 4) is 17.2 Å². The molecule has 0 aliphatic carbocycles. The van der Waals surface area contributed by atoms with E-state index in [-0.39, 0.29) is 12.5 Å². The zero-order valence-electron chi connectivity index (χ0n) is 18.4. The molecule has 32 heavy (non-hydrogen) atoms. The minimum atomic E-state index is -0.306. The summed E-state index contributed by atoms with van der Waals surface area (Å²) in [4.78, 5) is 13.3. The predicted octanol–water partition coefficient (Wildman–Crippen LogP) is 5.29. The number of hydrogen-bond donors (Lipinski definition) is 1. The molecule has 0 saturated heterocycles. The topological polar surface area (TPSA) is 82.8 Å². The Morgan fingerprint density at radius 1 is 0.969 bits per heavy atom. The quantitative estimate of drug-likeness (QED) is 0.427. The number of methoxy groups -OCH3 is 2. The van der Waals surface area contributed by atoms with Crippen LogP contribution in [0.1, 0.15) is 27.4 Å².